The van der Waals surface area contributed by atoms with Gasteiger partial charge in [0, 0.05) is 19.6 Å². The summed E-state index contributed by atoms with van der Waals surface area (Å²) in [5.74, 6) is 0.198. The van der Waals surface area contributed by atoms with Crippen LogP contribution < -0.4 is 15.4 Å². The van der Waals surface area contributed by atoms with Gasteiger partial charge in [-0.15, -0.1) is 10.2 Å². The van der Waals surface area contributed by atoms with E-state index in [1.165, 1.54) is 0 Å². The summed E-state index contributed by atoms with van der Waals surface area (Å²) >= 11 is 0. The second-order valence-corrected chi connectivity index (χ2v) is 5.59. The molecule has 1 aromatic rings. The Bertz CT molecular complexity index is 514. The molecule has 0 bridgehead atoms. The smallest absolute Gasteiger partial charge is 0.271 e. The zero-order chi connectivity index (χ0) is 14.3. The predicted molar refractivity (Wildman–Crippen MR) is 71.4 cm³/mol. The molecule has 9 heteroatoms. The molecule has 0 spiro atoms. The molecule has 3 N–H and O–H groups in total. The van der Waals surface area contributed by atoms with Gasteiger partial charge < -0.3 is 10.6 Å². The maximum absolute atomic E-state index is 11.4. The number of rotatable bonds is 7. The minimum absolute atomic E-state index is 0.238. The Morgan fingerprint density at radius 3 is 2.53 bits per heavy atom. The van der Waals surface area contributed by atoms with Gasteiger partial charge in [-0.2, -0.15) is 0 Å². The van der Waals surface area contributed by atoms with Crippen molar-refractivity contribution in [2.75, 3.05) is 31.2 Å². The number of hydrogen-bond donors (Lipinski definition) is 3. The number of carbonyl (C=O) groups is 1. The van der Waals surface area contributed by atoms with E-state index in [0.29, 0.717) is 18.9 Å². The highest BCUT2D eigenvalue weighted by atomic mass is 32.2. The third kappa shape index (κ3) is 6.11. The molecular formula is C10H17N5O3S. The average molecular weight is 287 g/mol. The van der Waals surface area contributed by atoms with E-state index in [4.69, 9.17) is 0 Å². The number of nitrogens with zero attached hydrogens (tertiary/aromatic N) is 2. The first kappa shape index (κ1) is 15.3. The van der Waals surface area contributed by atoms with Crippen LogP contribution in [0, 0.1) is 0 Å². The lowest BCUT2D eigenvalue weighted by atomic mass is 10.3. The largest absolute Gasteiger partial charge is 0.367 e. The first-order chi connectivity index (χ1) is 8.92. The van der Waals surface area contributed by atoms with E-state index in [9.17, 15) is 13.2 Å². The number of amides is 1. The highest BCUT2D eigenvalue weighted by Gasteiger charge is 2.06. The first-order valence-corrected chi connectivity index (χ1v) is 7.62. The highest BCUT2D eigenvalue weighted by Crippen LogP contribution is 2.01. The maximum Gasteiger partial charge on any atom is 0.271 e. The van der Waals surface area contributed by atoms with Crippen molar-refractivity contribution in [3.8, 4) is 0 Å². The van der Waals surface area contributed by atoms with E-state index in [1.54, 1.807) is 12.1 Å². The molecule has 0 atom stereocenters. The molecular weight excluding hydrogens is 270 g/mol. The molecule has 1 amide bonds. The van der Waals surface area contributed by atoms with Crippen LogP contribution in [0.5, 0.6) is 0 Å². The molecule has 1 heterocycles. The van der Waals surface area contributed by atoms with Gasteiger partial charge in [0.05, 0.1) is 6.26 Å². The zero-order valence-corrected chi connectivity index (χ0v) is 11.6. The van der Waals surface area contributed by atoms with Crippen LogP contribution in [0.1, 0.15) is 17.4 Å². The molecule has 1 rings (SSSR count). The van der Waals surface area contributed by atoms with Crippen LogP contribution in [0.3, 0.4) is 0 Å². The lowest BCUT2D eigenvalue weighted by Gasteiger charge is -2.06. The van der Waals surface area contributed by atoms with Crippen LogP contribution in [0.25, 0.3) is 0 Å². The number of anilines is 1. The van der Waals surface area contributed by atoms with Crippen molar-refractivity contribution in [1.29, 1.82) is 0 Å². The fraction of sp³-hybridized carbons (Fsp3) is 0.500. The summed E-state index contributed by atoms with van der Waals surface area (Å²) in [6, 6.07) is 3.16. The molecule has 0 fully saturated rings. The average Bonchev–Trinajstić information content (AvgIpc) is 2.34. The van der Waals surface area contributed by atoms with E-state index in [1.807, 2.05) is 6.92 Å². The van der Waals surface area contributed by atoms with Gasteiger partial charge in [0.15, 0.2) is 5.69 Å². The molecule has 1 aromatic heterocycles. The standard InChI is InChI=1S/C10H17N5O3S/c1-3-11-10(16)8-4-5-9(15-14-8)12-6-7-13-19(2,17)18/h4-5,13H,3,6-7H2,1-2H3,(H,11,16)(H,12,15). The van der Waals surface area contributed by atoms with Crippen molar-refractivity contribution in [2.45, 2.75) is 6.92 Å². The Kier molecular flexibility index (Phi) is 5.64. The van der Waals surface area contributed by atoms with Crippen molar-refractivity contribution >= 4 is 21.7 Å². The van der Waals surface area contributed by atoms with Gasteiger partial charge in [0.1, 0.15) is 5.82 Å². The Morgan fingerprint density at radius 2 is 2.00 bits per heavy atom. The Labute approximate surface area is 112 Å². The summed E-state index contributed by atoms with van der Waals surface area (Å²) in [4.78, 5) is 11.4. The Morgan fingerprint density at radius 1 is 1.26 bits per heavy atom. The van der Waals surface area contributed by atoms with Crippen LogP contribution in [-0.2, 0) is 10.0 Å². The second-order valence-electron chi connectivity index (χ2n) is 3.76. The van der Waals surface area contributed by atoms with E-state index in [0.717, 1.165) is 6.26 Å². The molecule has 0 aliphatic carbocycles. The zero-order valence-electron chi connectivity index (χ0n) is 10.8. The summed E-state index contributed by atoms with van der Waals surface area (Å²) in [7, 11) is -3.18. The van der Waals surface area contributed by atoms with Crippen LogP contribution in [0.2, 0.25) is 0 Å². The van der Waals surface area contributed by atoms with Gasteiger partial charge in [-0.05, 0) is 19.1 Å². The first-order valence-electron chi connectivity index (χ1n) is 5.73. The lowest BCUT2D eigenvalue weighted by molar-refractivity contribution is 0.0950. The third-order valence-corrected chi connectivity index (χ3v) is 2.76. The predicted octanol–water partition coefficient (Wildman–Crippen LogP) is -0.813. The SMILES string of the molecule is CCNC(=O)c1ccc(NCCNS(C)(=O)=O)nn1. The monoisotopic (exact) mass is 287 g/mol. The Balaban J connectivity index is 2.42. The van der Waals surface area contributed by atoms with Gasteiger partial charge in [0.25, 0.3) is 5.91 Å². The van der Waals surface area contributed by atoms with Crippen molar-refractivity contribution in [3.63, 3.8) is 0 Å². The van der Waals surface area contributed by atoms with Crippen molar-refractivity contribution < 1.29 is 13.2 Å². The quantitative estimate of drug-likeness (QED) is 0.565. The summed E-state index contributed by atoms with van der Waals surface area (Å²) in [6.07, 6.45) is 1.09. The number of nitrogens with one attached hydrogen (secondary N) is 3. The van der Waals surface area contributed by atoms with E-state index < -0.39 is 10.0 Å². The van der Waals surface area contributed by atoms with Gasteiger partial charge in [-0.1, -0.05) is 0 Å². The maximum atomic E-state index is 11.4. The molecule has 0 radical (unpaired) electrons. The lowest BCUT2D eigenvalue weighted by Crippen LogP contribution is -2.28. The fourth-order valence-corrected chi connectivity index (χ4v) is 1.70. The minimum Gasteiger partial charge on any atom is -0.367 e. The van der Waals surface area contributed by atoms with Gasteiger partial charge in [-0.25, -0.2) is 13.1 Å². The van der Waals surface area contributed by atoms with E-state index in [-0.39, 0.29) is 18.1 Å². The number of carbonyl (C=O) groups excluding carboxylic acids is 1. The van der Waals surface area contributed by atoms with Crippen molar-refractivity contribution in [1.82, 2.24) is 20.2 Å². The van der Waals surface area contributed by atoms with Crippen LogP contribution in [0.15, 0.2) is 12.1 Å². The molecule has 0 aliphatic rings. The summed E-state index contributed by atoms with van der Waals surface area (Å²) in [5.41, 5.74) is 0.238. The highest BCUT2D eigenvalue weighted by molar-refractivity contribution is 7.88. The third-order valence-electron chi connectivity index (χ3n) is 2.03. The molecule has 0 saturated heterocycles. The molecule has 0 aromatic carbocycles. The minimum atomic E-state index is -3.18. The van der Waals surface area contributed by atoms with Crippen LogP contribution in [-0.4, -0.2) is 50.4 Å². The molecule has 0 saturated carbocycles. The second kappa shape index (κ2) is 7.00. The van der Waals surface area contributed by atoms with Crippen molar-refractivity contribution in [3.05, 3.63) is 17.8 Å². The molecule has 19 heavy (non-hydrogen) atoms. The van der Waals surface area contributed by atoms with E-state index >= 15 is 0 Å². The normalized spacial score (nSPS) is 11.1. The van der Waals surface area contributed by atoms with Crippen LogP contribution in [0.4, 0.5) is 5.82 Å². The van der Waals surface area contributed by atoms with Crippen molar-refractivity contribution in [2.24, 2.45) is 0 Å². The van der Waals surface area contributed by atoms with E-state index in [2.05, 4.69) is 25.6 Å². The fourth-order valence-electron chi connectivity index (χ4n) is 1.23. The summed E-state index contributed by atoms with van der Waals surface area (Å²) < 4.78 is 24.0. The number of hydrogen-bond acceptors (Lipinski definition) is 6. The topological polar surface area (TPSA) is 113 Å². The summed E-state index contributed by atoms with van der Waals surface area (Å²) in [5, 5.41) is 13.1. The van der Waals surface area contributed by atoms with Crippen LogP contribution >= 0.6 is 0 Å². The van der Waals surface area contributed by atoms with Gasteiger partial charge in [-0.3, -0.25) is 4.79 Å². The number of sulfonamides is 1. The molecule has 8 nitrogen and oxygen atoms in total. The Hall–Kier alpha value is -1.74. The molecule has 0 unspecified atom stereocenters. The van der Waals surface area contributed by atoms with Gasteiger partial charge >= 0.3 is 0 Å². The number of aromatic nitrogens is 2. The molecule has 0 aliphatic heterocycles. The molecule has 106 valence electrons. The summed E-state index contributed by atoms with van der Waals surface area (Å²) in [6.45, 7) is 2.97. The van der Waals surface area contributed by atoms with Gasteiger partial charge in [0.2, 0.25) is 10.0 Å².